The van der Waals surface area contributed by atoms with Gasteiger partial charge < -0.3 is 10.1 Å². The lowest BCUT2D eigenvalue weighted by Gasteiger charge is -2.21. The van der Waals surface area contributed by atoms with Crippen molar-refractivity contribution < 1.29 is 27.9 Å². The van der Waals surface area contributed by atoms with Gasteiger partial charge in [-0.15, -0.1) is 31.7 Å². The quantitative estimate of drug-likeness (QED) is 0.102. The molecule has 2 saturated carbocycles. The summed E-state index contributed by atoms with van der Waals surface area (Å²) in [5.41, 5.74) is 8.44. The number of hydrogen-bond acceptors (Lipinski definition) is 11. The van der Waals surface area contributed by atoms with Crippen LogP contribution in [0.2, 0.25) is 0 Å². The number of allylic oxidation sites excluding steroid dienone is 4. The summed E-state index contributed by atoms with van der Waals surface area (Å²) in [6.07, 6.45) is 10.9. The number of anilines is 1. The van der Waals surface area contributed by atoms with E-state index >= 15 is 0 Å². The summed E-state index contributed by atoms with van der Waals surface area (Å²) < 4.78 is 35.8. The van der Waals surface area contributed by atoms with Crippen LogP contribution in [-0.2, 0) is 27.2 Å². The Morgan fingerprint density at radius 2 is 1.68 bits per heavy atom. The third-order valence-corrected chi connectivity index (χ3v) is 14.7. The van der Waals surface area contributed by atoms with E-state index in [0.717, 1.165) is 77.3 Å². The number of nitrogens with zero attached hydrogens (tertiary/aromatic N) is 6. The maximum Gasteiger partial charge on any atom is 0.322 e. The molecule has 314 valence electrons. The molecule has 1 amide bonds. The number of ether oxygens (including phenoxy) is 1. The van der Waals surface area contributed by atoms with E-state index < -0.39 is 22.3 Å². The van der Waals surface area contributed by atoms with Crippen LogP contribution in [0, 0.1) is 17.6 Å². The van der Waals surface area contributed by atoms with E-state index in [4.69, 9.17) is 4.74 Å². The van der Waals surface area contributed by atoms with Crippen molar-refractivity contribution in [3.63, 3.8) is 0 Å². The molecule has 0 radical (unpaired) electrons. The van der Waals surface area contributed by atoms with Crippen molar-refractivity contribution in [2.24, 2.45) is 5.92 Å². The van der Waals surface area contributed by atoms with Gasteiger partial charge in [0.2, 0.25) is 4.73 Å². The molecule has 8 rings (SSSR count). The van der Waals surface area contributed by atoms with Crippen LogP contribution in [0.5, 0.6) is 0 Å². The van der Waals surface area contributed by atoms with Gasteiger partial charge in [0.1, 0.15) is 21.4 Å². The lowest BCUT2D eigenvalue weighted by molar-refractivity contribution is -0.145. The Kier molecular flexibility index (Phi) is 13.3. The van der Waals surface area contributed by atoms with E-state index in [1.54, 1.807) is 49.0 Å². The molecular formula is C42H48BrF2N7O4S3. The number of benzene rings is 1. The maximum absolute atomic E-state index is 13.6. The van der Waals surface area contributed by atoms with Crippen LogP contribution in [0.1, 0.15) is 125 Å². The highest BCUT2D eigenvalue weighted by molar-refractivity contribution is 9.10. The Bertz CT molecular complexity index is 2360. The number of amides is 1. The summed E-state index contributed by atoms with van der Waals surface area (Å²) in [6, 6.07) is 3.25. The van der Waals surface area contributed by atoms with Crippen LogP contribution in [0.25, 0.3) is 10.7 Å². The molecule has 11 nitrogen and oxygen atoms in total. The van der Waals surface area contributed by atoms with E-state index in [0.29, 0.717) is 26.4 Å². The highest BCUT2D eigenvalue weighted by atomic mass is 79.9. The maximum atomic E-state index is 13.6. The average molecular weight is 929 g/mol. The van der Waals surface area contributed by atoms with Crippen molar-refractivity contribution in [1.82, 2.24) is 29.5 Å². The zero-order valence-electron chi connectivity index (χ0n) is 34.0. The first-order chi connectivity index (χ1) is 28.2. The number of thiophene rings is 1. The van der Waals surface area contributed by atoms with E-state index in [9.17, 15) is 23.2 Å². The number of carbonyl (C=O) groups excluding carboxylic acids is 3. The fraction of sp³-hybridized carbons (Fsp3) is 0.500. The van der Waals surface area contributed by atoms with Crippen LogP contribution in [0.3, 0.4) is 0 Å². The molecule has 4 aromatic rings. The summed E-state index contributed by atoms with van der Waals surface area (Å²) in [5.74, 6) is 0.0725. The molecular weight excluding hydrogens is 881 g/mol. The summed E-state index contributed by atoms with van der Waals surface area (Å²) in [7, 11) is 0. The van der Waals surface area contributed by atoms with Gasteiger partial charge >= 0.3 is 5.97 Å². The Labute approximate surface area is 363 Å². The number of Topliss-reactive ketones (excluding diaryl/α,β-unsaturated/α-hetero) is 1. The molecule has 17 heteroatoms. The van der Waals surface area contributed by atoms with Crippen molar-refractivity contribution in [2.75, 3.05) is 17.7 Å². The fourth-order valence-corrected chi connectivity index (χ4v) is 11.5. The molecule has 0 saturated heterocycles. The number of fused-ring (bicyclic) bond motifs is 2. The first kappa shape index (κ1) is 43.4. The molecule has 0 aliphatic heterocycles. The van der Waals surface area contributed by atoms with Gasteiger partial charge in [-0.2, -0.15) is 0 Å². The van der Waals surface area contributed by atoms with Crippen LogP contribution in [-0.4, -0.2) is 64.3 Å². The van der Waals surface area contributed by atoms with Crippen LogP contribution < -0.4 is 5.32 Å². The molecule has 0 bridgehead atoms. The largest absolute Gasteiger partial charge is 0.465 e. The van der Waals surface area contributed by atoms with E-state index in [1.165, 1.54) is 78.7 Å². The van der Waals surface area contributed by atoms with Crippen LogP contribution >= 0.6 is 50.8 Å². The number of carbonyl (C=O) groups is 3. The summed E-state index contributed by atoms with van der Waals surface area (Å²) in [5, 5.41) is 22.1. The van der Waals surface area contributed by atoms with Gasteiger partial charge in [-0.3, -0.25) is 23.5 Å². The smallest absolute Gasteiger partial charge is 0.322 e. The molecule has 4 aliphatic carbocycles. The minimum Gasteiger partial charge on any atom is -0.465 e. The third kappa shape index (κ3) is 9.32. The zero-order valence-corrected chi connectivity index (χ0v) is 38.1. The number of ketones is 1. The molecule has 3 heterocycles. The van der Waals surface area contributed by atoms with Gasteiger partial charge in [-0.1, -0.05) is 42.9 Å². The zero-order chi connectivity index (χ0) is 42.2. The molecule has 1 N–H and O–H groups in total. The second kappa shape index (κ2) is 18.1. The topological polar surface area (TPSA) is 134 Å². The third-order valence-electron chi connectivity index (χ3n) is 10.7. The number of esters is 1. The minimum atomic E-state index is -1.03. The molecule has 59 heavy (non-hydrogen) atoms. The predicted molar refractivity (Wildman–Crippen MR) is 231 cm³/mol. The summed E-state index contributed by atoms with van der Waals surface area (Å²) in [6.45, 7) is 11.5. The SMILES string of the molecule is CC(=O)CSc1nnc(C(C)C)n1C1=C2CCCC2=C(C2CC2)C1.CCOC(=O)C(C)(C)Sc1nnc(Br)n1-c1sc(C(=O)Nc2ccc(F)c(F)c2)c2c1CCCC2. The normalized spacial score (nSPS) is 16.3. The molecule has 0 unspecified atom stereocenters. The average Bonchev–Trinajstić information content (AvgIpc) is 3.55. The molecule has 2 fully saturated rings. The molecule has 0 spiro atoms. The highest BCUT2D eigenvalue weighted by Gasteiger charge is 2.39. The number of nitrogens with one attached hydrogen (secondary N) is 1. The molecule has 3 aromatic heterocycles. The van der Waals surface area contributed by atoms with Crippen molar-refractivity contribution in [3.8, 4) is 5.00 Å². The van der Waals surface area contributed by atoms with Gasteiger partial charge in [0.25, 0.3) is 5.91 Å². The summed E-state index contributed by atoms with van der Waals surface area (Å²) >= 11 is 7.50. The first-order valence-corrected chi connectivity index (χ1v) is 23.5. The standard InChI is InChI=1S/C23H23BrF2N4O3S2.C19H25N3OS/c1-4-33-20(32)23(2,3)35-22-29-28-21(24)30(22)19-14-8-6-5-7-13(14)17(34-19)18(31)27-12-9-10-15(25)16(26)11-12;1-11(2)18-20-21-19(24-10-12(3)23)22(18)17-9-16(13-7-8-13)14-5-4-6-15(14)17/h9-11H,4-8H2,1-3H3,(H,27,31);11,13H,4-10H2,1-3H3. The minimum absolute atomic E-state index is 0.173. The molecule has 1 aromatic carbocycles. The number of aromatic nitrogens is 6. The molecule has 4 aliphatic rings. The number of rotatable bonds is 13. The second-order valence-electron chi connectivity index (χ2n) is 16.0. The molecule has 0 atom stereocenters. The van der Waals surface area contributed by atoms with Crippen molar-refractivity contribution in [1.29, 1.82) is 0 Å². The lowest BCUT2D eigenvalue weighted by atomic mass is 9.93. The van der Waals surface area contributed by atoms with Gasteiger partial charge in [0, 0.05) is 29.8 Å². The number of halogens is 3. The van der Waals surface area contributed by atoms with Crippen LogP contribution in [0.15, 0.2) is 50.0 Å². The predicted octanol–water partition coefficient (Wildman–Crippen LogP) is 10.5. The Morgan fingerprint density at radius 1 is 0.966 bits per heavy atom. The van der Waals surface area contributed by atoms with E-state index in [1.807, 2.05) is 0 Å². The van der Waals surface area contributed by atoms with Crippen molar-refractivity contribution in [2.45, 2.75) is 127 Å². The Morgan fingerprint density at radius 3 is 2.36 bits per heavy atom. The second-order valence-corrected chi connectivity index (χ2v) is 20.2. The van der Waals surface area contributed by atoms with E-state index in [-0.39, 0.29) is 24.0 Å². The van der Waals surface area contributed by atoms with Crippen molar-refractivity contribution in [3.05, 3.63) is 73.1 Å². The Hall–Kier alpha value is -3.67. The Balaban J connectivity index is 0.000000191. The number of hydrogen-bond donors (Lipinski definition) is 1. The summed E-state index contributed by atoms with van der Waals surface area (Å²) in [4.78, 5) is 37.6. The van der Waals surface area contributed by atoms with Gasteiger partial charge in [-0.05, 0) is 142 Å². The van der Waals surface area contributed by atoms with Crippen molar-refractivity contribution >= 4 is 79.8 Å². The first-order valence-electron chi connectivity index (χ1n) is 20.1. The van der Waals surface area contributed by atoms with Gasteiger partial charge in [-0.25, -0.2) is 8.78 Å². The van der Waals surface area contributed by atoms with Crippen LogP contribution in [0.4, 0.5) is 14.5 Å². The monoisotopic (exact) mass is 927 g/mol. The fourth-order valence-electron chi connectivity index (χ4n) is 7.82. The van der Waals surface area contributed by atoms with E-state index in [2.05, 4.69) is 60.1 Å². The lowest BCUT2D eigenvalue weighted by Crippen LogP contribution is -2.30. The number of thioether (sulfide) groups is 2. The highest BCUT2D eigenvalue weighted by Crippen LogP contribution is 2.53. The van der Waals surface area contributed by atoms with Gasteiger partial charge in [0.05, 0.1) is 17.2 Å². The van der Waals surface area contributed by atoms with Gasteiger partial charge in [0.15, 0.2) is 21.9 Å².